The van der Waals surface area contributed by atoms with Gasteiger partial charge in [0, 0.05) is 24.2 Å². The highest BCUT2D eigenvalue weighted by Crippen LogP contribution is 2.30. The maximum atomic E-state index is 6.39. The first-order chi connectivity index (χ1) is 9.43. The molecule has 1 heterocycles. The molecule has 2 unspecified atom stereocenters. The topological polar surface area (TPSA) is 38.5 Å². The summed E-state index contributed by atoms with van der Waals surface area (Å²) in [6.45, 7) is 8.98. The van der Waals surface area contributed by atoms with Crippen molar-refractivity contribution < 1.29 is 4.74 Å². The van der Waals surface area contributed by atoms with E-state index in [1.54, 1.807) is 0 Å². The Morgan fingerprint density at radius 1 is 1.35 bits per heavy atom. The van der Waals surface area contributed by atoms with E-state index in [2.05, 4.69) is 37.8 Å². The Morgan fingerprint density at radius 3 is 2.55 bits per heavy atom. The van der Waals surface area contributed by atoms with Crippen LogP contribution in [0.1, 0.15) is 38.8 Å². The quantitative estimate of drug-likeness (QED) is 0.927. The zero-order chi connectivity index (χ0) is 14.8. The first-order valence-corrected chi connectivity index (χ1v) is 7.70. The third-order valence-electron chi connectivity index (χ3n) is 3.94. The van der Waals surface area contributed by atoms with Crippen molar-refractivity contribution in [3.63, 3.8) is 0 Å². The minimum atomic E-state index is -0.115. The molecule has 1 aromatic rings. The molecule has 0 amide bonds. The predicted octanol–water partition coefficient (Wildman–Crippen LogP) is 3.23. The van der Waals surface area contributed by atoms with Crippen LogP contribution >= 0.6 is 11.6 Å². The van der Waals surface area contributed by atoms with Gasteiger partial charge in [-0.1, -0.05) is 30.7 Å². The number of nitrogens with zero attached hydrogens (tertiary/aromatic N) is 1. The van der Waals surface area contributed by atoms with Gasteiger partial charge in [-0.05, 0) is 38.0 Å². The lowest BCUT2D eigenvalue weighted by Gasteiger charge is -2.44. The number of benzene rings is 1. The van der Waals surface area contributed by atoms with Crippen molar-refractivity contribution in [3.05, 3.63) is 34.9 Å². The van der Waals surface area contributed by atoms with Gasteiger partial charge < -0.3 is 10.5 Å². The van der Waals surface area contributed by atoms with Crippen molar-refractivity contribution in [2.45, 2.75) is 44.9 Å². The van der Waals surface area contributed by atoms with Crippen LogP contribution in [0.25, 0.3) is 0 Å². The standard InChI is InChI=1S/C16H25ClN2O/c1-4-14(18)15(12-5-7-13(17)8-6-12)19-9-10-20-16(2,3)11-19/h5-8,14-15H,4,9-11,18H2,1-3H3. The van der Waals surface area contributed by atoms with Crippen LogP contribution in [0, 0.1) is 0 Å². The molecule has 1 fully saturated rings. The van der Waals surface area contributed by atoms with E-state index in [4.69, 9.17) is 22.1 Å². The Balaban J connectivity index is 2.25. The molecule has 1 aliphatic rings. The van der Waals surface area contributed by atoms with Crippen molar-refractivity contribution in [1.82, 2.24) is 4.90 Å². The largest absolute Gasteiger partial charge is 0.373 e. The molecule has 2 rings (SSSR count). The monoisotopic (exact) mass is 296 g/mol. The molecule has 1 saturated heterocycles. The average molecular weight is 297 g/mol. The number of hydrogen-bond donors (Lipinski definition) is 1. The van der Waals surface area contributed by atoms with Crippen molar-refractivity contribution in [1.29, 1.82) is 0 Å². The van der Waals surface area contributed by atoms with E-state index in [0.29, 0.717) is 0 Å². The zero-order valence-electron chi connectivity index (χ0n) is 12.6. The van der Waals surface area contributed by atoms with Gasteiger partial charge in [0.2, 0.25) is 0 Å². The van der Waals surface area contributed by atoms with E-state index in [1.165, 1.54) is 5.56 Å². The fraction of sp³-hybridized carbons (Fsp3) is 0.625. The number of hydrogen-bond acceptors (Lipinski definition) is 3. The summed E-state index contributed by atoms with van der Waals surface area (Å²) in [6, 6.07) is 8.40. The van der Waals surface area contributed by atoms with Crippen LogP contribution < -0.4 is 5.73 Å². The molecule has 0 saturated carbocycles. The fourth-order valence-corrected chi connectivity index (χ4v) is 3.03. The van der Waals surface area contributed by atoms with Crippen LogP contribution in [-0.2, 0) is 4.74 Å². The second-order valence-electron chi connectivity index (χ2n) is 6.15. The molecule has 4 heteroatoms. The third-order valence-corrected chi connectivity index (χ3v) is 4.19. The van der Waals surface area contributed by atoms with Gasteiger partial charge >= 0.3 is 0 Å². The number of halogens is 1. The van der Waals surface area contributed by atoms with Gasteiger partial charge in [-0.2, -0.15) is 0 Å². The van der Waals surface area contributed by atoms with Gasteiger partial charge in [-0.3, -0.25) is 4.90 Å². The summed E-state index contributed by atoms with van der Waals surface area (Å²) in [5, 5.41) is 0.764. The summed E-state index contributed by atoms with van der Waals surface area (Å²) in [5.74, 6) is 0. The lowest BCUT2D eigenvalue weighted by Crippen LogP contribution is -2.52. The molecule has 2 N–H and O–H groups in total. The molecule has 1 aromatic carbocycles. The Hall–Kier alpha value is -0.610. The maximum absolute atomic E-state index is 6.39. The van der Waals surface area contributed by atoms with Crippen LogP contribution in [0.5, 0.6) is 0 Å². The molecule has 20 heavy (non-hydrogen) atoms. The molecule has 0 spiro atoms. The normalized spacial score (nSPS) is 22.4. The molecule has 0 bridgehead atoms. The molecule has 112 valence electrons. The van der Waals surface area contributed by atoms with E-state index >= 15 is 0 Å². The van der Waals surface area contributed by atoms with Crippen LogP contribution in [0.15, 0.2) is 24.3 Å². The van der Waals surface area contributed by atoms with E-state index in [1.807, 2.05) is 12.1 Å². The van der Waals surface area contributed by atoms with Gasteiger partial charge in [0.1, 0.15) is 0 Å². The SMILES string of the molecule is CCC(N)C(c1ccc(Cl)cc1)N1CCOC(C)(C)C1. The molecule has 0 radical (unpaired) electrons. The Labute approximate surface area is 127 Å². The summed E-state index contributed by atoms with van der Waals surface area (Å²) in [5.41, 5.74) is 7.51. The number of rotatable bonds is 4. The first kappa shape index (κ1) is 15.8. The van der Waals surface area contributed by atoms with E-state index in [9.17, 15) is 0 Å². The fourth-order valence-electron chi connectivity index (χ4n) is 2.90. The molecule has 2 atom stereocenters. The molecule has 0 aromatic heterocycles. The minimum absolute atomic E-state index is 0.115. The zero-order valence-corrected chi connectivity index (χ0v) is 13.4. The van der Waals surface area contributed by atoms with Gasteiger partial charge in [0.05, 0.1) is 18.2 Å². The van der Waals surface area contributed by atoms with Crippen molar-refractivity contribution in [3.8, 4) is 0 Å². The lowest BCUT2D eigenvalue weighted by molar-refractivity contribution is -0.100. The summed E-state index contributed by atoms with van der Waals surface area (Å²) in [4.78, 5) is 2.45. The van der Waals surface area contributed by atoms with E-state index in [-0.39, 0.29) is 17.7 Å². The summed E-state index contributed by atoms with van der Waals surface area (Å²) >= 11 is 6.00. The van der Waals surface area contributed by atoms with Gasteiger partial charge in [-0.15, -0.1) is 0 Å². The van der Waals surface area contributed by atoms with Crippen molar-refractivity contribution in [2.24, 2.45) is 5.73 Å². The second kappa shape index (κ2) is 6.44. The maximum Gasteiger partial charge on any atom is 0.0753 e. The number of nitrogens with two attached hydrogens (primary N) is 1. The van der Waals surface area contributed by atoms with Crippen molar-refractivity contribution >= 4 is 11.6 Å². The highest BCUT2D eigenvalue weighted by atomic mass is 35.5. The second-order valence-corrected chi connectivity index (χ2v) is 6.58. The Bertz CT molecular complexity index is 433. The lowest BCUT2D eigenvalue weighted by atomic mass is 9.94. The summed E-state index contributed by atoms with van der Waals surface area (Å²) < 4.78 is 5.81. The van der Waals surface area contributed by atoms with Crippen LogP contribution in [0.3, 0.4) is 0 Å². The highest BCUT2D eigenvalue weighted by Gasteiger charge is 2.34. The van der Waals surface area contributed by atoms with Gasteiger partial charge in [0.15, 0.2) is 0 Å². The third kappa shape index (κ3) is 3.73. The van der Waals surface area contributed by atoms with Crippen LogP contribution in [-0.4, -0.2) is 36.2 Å². The minimum Gasteiger partial charge on any atom is -0.373 e. The summed E-state index contributed by atoms with van der Waals surface area (Å²) in [6.07, 6.45) is 0.949. The first-order valence-electron chi connectivity index (χ1n) is 7.32. The molecule has 3 nitrogen and oxygen atoms in total. The summed E-state index contributed by atoms with van der Waals surface area (Å²) in [7, 11) is 0. The molecular weight excluding hydrogens is 272 g/mol. The predicted molar refractivity (Wildman–Crippen MR) is 84.1 cm³/mol. The van der Waals surface area contributed by atoms with Gasteiger partial charge in [0.25, 0.3) is 0 Å². The molecule has 0 aliphatic carbocycles. The number of morpholine rings is 1. The Kier molecular flexibility index (Phi) is 5.08. The number of ether oxygens (including phenoxy) is 1. The average Bonchev–Trinajstić information content (AvgIpc) is 2.40. The Morgan fingerprint density at radius 2 is 2.00 bits per heavy atom. The van der Waals surface area contributed by atoms with Gasteiger partial charge in [-0.25, -0.2) is 0 Å². The van der Waals surface area contributed by atoms with Crippen LogP contribution in [0.2, 0.25) is 5.02 Å². The van der Waals surface area contributed by atoms with E-state index < -0.39 is 0 Å². The van der Waals surface area contributed by atoms with E-state index in [0.717, 1.165) is 31.1 Å². The highest BCUT2D eigenvalue weighted by molar-refractivity contribution is 6.30. The molecular formula is C16H25ClN2O. The molecule has 1 aliphatic heterocycles. The van der Waals surface area contributed by atoms with Crippen LogP contribution in [0.4, 0.5) is 0 Å². The smallest absolute Gasteiger partial charge is 0.0753 e. The van der Waals surface area contributed by atoms with Crippen molar-refractivity contribution in [2.75, 3.05) is 19.7 Å².